The highest BCUT2D eigenvalue weighted by Gasteiger charge is 2.29. The van der Waals surface area contributed by atoms with Crippen LogP contribution in [0.1, 0.15) is 48.7 Å². The number of cyclic esters (lactones) is 1. The summed E-state index contributed by atoms with van der Waals surface area (Å²) in [5.41, 5.74) is 2.97. The Kier molecular flexibility index (Phi) is 6.17. The maximum absolute atomic E-state index is 12.7. The quantitative estimate of drug-likeness (QED) is 0.736. The Morgan fingerprint density at radius 1 is 1.23 bits per heavy atom. The molecule has 0 radical (unpaired) electrons. The Balaban J connectivity index is 1.32. The van der Waals surface area contributed by atoms with Crippen molar-refractivity contribution in [1.82, 2.24) is 15.1 Å². The van der Waals surface area contributed by atoms with Gasteiger partial charge in [0.1, 0.15) is 11.6 Å². The lowest BCUT2D eigenvalue weighted by Gasteiger charge is -2.31. The van der Waals surface area contributed by atoms with Gasteiger partial charge in [-0.3, -0.25) is 14.5 Å². The first-order chi connectivity index (χ1) is 14.9. The summed E-state index contributed by atoms with van der Waals surface area (Å²) in [7, 11) is 0. The molecule has 1 fully saturated rings. The van der Waals surface area contributed by atoms with Gasteiger partial charge in [-0.1, -0.05) is 37.3 Å². The maximum Gasteiger partial charge on any atom is 0.414 e. The Hall–Kier alpha value is -3.01. The first kappa shape index (κ1) is 21.2. The van der Waals surface area contributed by atoms with Crippen molar-refractivity contribution in [2.75, 3.05) is 29.9 Å². The standard InChI is InChI=1S/C21H25N5O4S/c1-13(2)19-23-24-20(31-19)22-17(27)6-7-18(28)25-9-8-15-14(12-25)4-3-5-16(15)26-10-11-30-21(26)29/h3-5,13H,6-12H2,1-2H3,(H,22,24,27). The van der Waals surface area contributed by atoms with Gasteiger partial charge in [-0.05, 0) is 23.6 Å². The molecular formula is C21H25N5O4S. The van der Waals surface area contributed by atoms with Crippen molar-refractivity contribution in [3.63, 3.8) is 0 Å². The molecule has 1 N–H and O–H groups in total. The van der Waals surface area contributed by atoms with Crippen molar-refractivity contribution >= 4 is 40.1 Å². The Morgan fingerprint density at radius 3 is 2.77 bits per heavy atom. The summed E-state index contributed by atoms with van der Waals surface area (Å²) in [5.74, 6) is -0.0534. The van der Waals surface area contributed by atoms with Gasteiger partial charge in [0.2, 0.25) is 16.9 Å². The third kappa shape index (κ3) is 4.68. The van der Waals surface area contributed by atoms with Crippen LogP contribution in [0.25, 0.3) is 0 Å². The normalized spacial score (nSPS) is 15.8. The molecule has 2 aliphatic heterocycles. The van der Waals surface area contributed by atoms with E-state index in [4.69, 9.17) is 4.74 Å². The van der Waals surface area contributed by atoms with Crippen molar-refractivity contribution < 1.29 is 19.1 Å². The Labute approximate surface area is 184 Å². The van der Waals surface area contributed by atoms with E-state index in [2.05, 4.69) is 15.5 Å². The van der Waals surface area contributed by atoms with Crippen LogP contribution in [0.5, 0.6) is 0 Å². The van der Waals surface area contributed by atoms with Crippen LogP contribution in [-0.4, -0.2) is 52.7 Å². The predicted molar refractivity (Wildman–Crippen MR) is 116 cm³/mol. The summed E-state index contributed by atoms with van der Waals surface area (Å²) in [6.07, 6.45) is 0.567. The van der Waals surface area contributed by atoms with E-state index in [0.29, 0.717) is 37.8 Å². The average molecular weight is 444 g/mol. The lowest BCUT2D eigenvalue weighted by atomic mass is 9.97. The number of anilines is 2. The molecule has 3 heterocycles. The minimum Gasteiger partial charge on any atom is -0.447 e. The van der Waals surface area contributed by atoms with E-state index in [1.165, 1.54) is 11.3 Å². The highest BCUT2D eigenvalue weighted by atomic mass is 32.1. The first-order valence-corrected chi connectivity index (χ1v) is 11.2. The van der Waals surface area contributed by atoms with Crippen LogP contribution >= 0.6 is 11.3 Å². The molecule has 0 aliphatic carbocycles. The van der Waals surface area contributed by atoms with E-state index in [9.17, 15) is 14.4 Å². The minimum atomic E-state index is -0.325. The number of aromatic nitrogens is 2. The molecule has 1 aromatic heterocycles. The Bertz CT molecular complexity index is 1010. The van der Waals surface area contributed by atoms with Crippen molar-refractivity contribution in [2.24, 2.45) is 0 Å². The summed E-state index contributed by atoms with van der Waals surface area (Å²) in [4.78, 5) is 40.3. The maximum atomic E-state index is 12.7. The molecule has 0 bridgehead atoms. The highest BCUT2D eigenvalue weighted by Crippen LogP contribution is 2.31. The van der Waals surface area contributed by atoms with Gasteiger partial charge in [-0.2, -0.15) is 0 Å². The van der Waals surface area contributed by atoms with E-state index < -0.39 is 0 Å². The molecule has 164 valence electrons. The average Bonchev–Trinajstić information content (AvgIpc) is 3.40. The third-order valence-electron chi connectivity index (χ3n) is 5.39. The van der Waals surface area contributed by atoms with Crippen LogP contribution in [-0.2, 0) is 27.3 Å². The number of rotatable bonds is 6. The summed E-state index contributed by atoms with van der Waals surface area (Å²) < 4.78 is 5.06. The molecule has 0 spiro atoms. The van der Waals surface area contributed by atoms with Crippen LogP contribution < -0.4 is 10.2 Å². The number of hydrogen-bond donors (Lipinski definition) is 1. The van der Waals surface area contributed by atoms with Gasteiger partial charge in [0.05, 0.1) is 12.2 Å². The number of nitrogens with one attached hydrogen (secondary N) is 1. The molecule has 4 rings (SSSR count). The van der Waals surface area contributed by atoms with Crippen LogP contribution in [0, 0.1) is 0 Å². The summed E-state index contributed by atoms with van der Waals surface area (Å²) >= 11 is 1.35. The zero-order chi connectivity index (χ0) is 22.0. The molecule has 3 amide bonds. The van der Waals surface area contributed by atoms with Crippen LogP contribution in [0.2, 0.25) is 0 Å². The van der Waals surface area contributed by atoms with Gasteiger partial charge in [0.15, 0.2) is 0 Å². The van der Waals surface area contributed by atoms with Crippen molar-refractivity contribution in [3.8, 4) is 0 Å². The number of benzene rings is 1. The number of fused-ring (bicyclic) bond motifs is 1. The van der Waals surface area contributed by atoms with E-state index >= 15 is 0 Å². The molecule has 31 heavy (non-hydrogen) atoms. The fraction of sp³-hybridized carbons (Fsp3) is 0.476. The predicted octanol–water partition coefficient (Wildman–Crippen LogP) is 2.92. The second-order valence-electron chi connectivity index (χ2n) is 7.89. The van der Waals surface area contributed by atoms with E-state index in [1.807, 2.05) is 32.0 Å². The second-order valence-corrected chi connectivity index (χ2v) is 8.90. The minimum absolute atomic E-state index is 0.0630. The van der Waals surface area contributed by atoms with Crippen molar-refractivity contribution in [3.05, 3.63) is 34.3 Å². The molecular weight excluding hydrogens is 418 g/mol. The summed E-state index contributed by atoms with van der Waals surface area (Å²) in [5, 5.41) is 12.1. The highest BCUT2D eigenvalue weighted by molar-refractivity contribution is 7.15. The van der Waals surface area contributed by atoms with Crippen molar-refractivity contribution in [1.29, 1.82) is 0 Å². The van der Waals surface area contributed by atoms with Gasteiger partial charge in [0.25, 0.3) is 0 Å². The molecule has 0 saturated carbocycles. The number of hydrogen-bond acceptors (Lipinski definition) is 7. The van der Waals surface area contributed by atoms with E-state index in [-0.39, 0.29) is 36.7 Å². The van der Waals surface area contributed by atoms with Gasteiger partial charge in [0, 0.05) is 31.8 Å². The van der Waals surface area contributed by atoms with Crippen molar-refractivity contribution in [2.45, 2.75) is 45.6 Å². The fourth-order valence-electron chi connectivity index (χ4n) is 3.75. The SMILES string of the molecule is CC(C)c1nnc(NC(=O)CCC(=O)N2CCc3c(cccc3N3CCOC3=O)C2)s1. The van der Waals surface area contributed by atoms with Gasteiger partial charge in [-0.15, -0.1) is 10.2 Å². The fourth-order valence-corrected chi connectivity index (χ4v) is 4.51. The second kappa shape index (κ2) is 9.01. The van der Waals surface area contributed by atoms with Gasteiger partial charge >= 0.3 is 6.09 Å². The van der Waals surface area contributed by atoms with Crippen LogP contribution in [0.3, 0.4) is 0 Å². The molecule has 2 aliphatic rings. The first-order valence-electron chi connectivity index (χ1n) is 10.4. The van der Waals surface area contributed by atoms with E-state index in [1.54, 1.807) is 9.80 Å². The largest absolute Gasteiger partial charge is 0.447 e. The zero-order valence-corrected chi connectivity index (χ0v) is 18.4. The molecule has 1 saturated heterocycles. The third-order valence-corrected chi connectivity index (χ3v) is 6.53. The smallest absolute Gasteiger partial charge is 0.414 e. The summed E-state index contributed by atoms with van der Waals surface area (Å²) in [6, 6.07) is 5.80. The zero-order valence-electron chi connectivity index (χ0n) is 17.6. The molecule has 0 atom stereocenters. The number of nitrogens with zero attached hydrogens (tertiary/aromatic N) is 4. The van der Waals surface area contributed by atoms with Crippen LogP contribution in [0.15, 0.2) is 18.2 Å². The van der Waals surface area contributed by atoms with Gasteiger partial charge in [-0.25, -0.2) is 4.79 Å². The lowest BCUT2D eigenvalue weighted by molar-refractivity contribution is -0.133. The molecule has 10 heteroatoms. The number of amides is 3. The molecule has 0 unspecified atom stereocenters. The number of carbonyl (C=O) groups excluding carboxylic acids is 3. The Morgan fingerprint density at radius 2 is 2.06 bits per heavy atom. The topological polar surface area (TPSA) is 105 Å². The van der Waals surface area contributed by atoms with Gasteiger partial charge < -0.3 is 15.0 Å². The summed E-state index contributed by atoms with van der Waals surface area (Å²) in [6.45, 7) is 6.00. The number of carbonyl (C=O) groups is 3. The lowest BCUT2D eigenvalue weighted by Crippen LogP contribution is -2.37. The molecule has 2 aromatic rings. The monoisotopic (exact) mass is 443 g/mol. The van der Waals surface area contributed by atoms with Crippen LogP contribution in [0.4, 0.5) is 15.6 Å². The number of ether oxygens (including phenoxy) is 1. The molecule has 9 nitrogen and oxygen atoms in total. The van der Waals surface area contributed by atoms with E-state index in [0.717, 1.165) is 21.8 Å². The molecule has 1 aromatic carbocycles.